The molecule has 2 nitrogen and oxygen atoms in total. The maximum absolute atomic E-state index is 11.1. The first-order chi connectivity index (χ1) is 5.48. The third kappa shape index (κ3) is 6.00. The molecule has 0 aliphatic rings. The first kappa shape index (κ1) is 12.4. The van der Waals surface area contributed by atoms with Crippen molar-refractivity contribution < 1.29 is 9.53 Å². The Kier molecular flexibility index (Phi) is 6.19. The molecule has 12 heavy (non-hydrogen) atoms. The van der Waals surface area contributed by atoms with Crippen molar-refractivity contribution in [1.82, 2.24) is 0 Å². The van der Waals surface area contributed by atoms with Gasteiger partial charge in [-0.05, 0) is 26.7 Å². The van der Waals surface area contributed by atoms with Crippen LogP contribution in [0.15, 0.2) is 0 Å². The Bertz CT molecular complexity index is 140. The Hall–Kier alpha value is 0.430. The van der Waals surface area contributed by atoms with Gasteiger partial charge in [-0.1, -0.05) is 31.9 Å². The van der Waals surface area contributed by atoms with Crippen LogP contribution in [-0.4, -0.2) is 22.2 Å². The first-order valence-electron chi connectivity index (χ1n) is 3.90. The van der Waals surface area contributed by atoms with E-state index in [0.717, 1.165) is 18.2 Å². The van der Waals surface area contributed by atoms with Gasteiger partial charge in [-0.25, -0.2) is 0 Å². The normalized spacial score (nSPS) is 11.3. The van der Waals surface area contributed by atoms with Gasteiger partial charge < -0.3 is 4.74 Å². The number of hydrogen-bond acceptors (Lipinski definition) is 2. The number of halogens is 2. The van der Waals surface area contributed by atoms with Crippen LogP contribution in [0, 0.1) is 0 Å². The fraction of sp³-hybridized carbons (Fsp3) is 0.875. The lowest BCUT2D eigenvalue weighted by molar-refractivity contribution is -0.145. The molecular weight excluding hydrogens is 288 g/mol. The molecule has 72 valence electrons. The molecule has 0 aromatic heterocycles. The molecule has 0 aromatic rings. The van der Waals surface area contributed by atoms with Gasteiger partial charge in [0.05, 0.1) is 6.61 Å². The van der Waals surface area contributed by atoms with E-state index in [9.17, 15) is 4.79 Å². The summed E-state index contributed by atoms with van der Waals surface area (Å²) in [7, 11) is 0. The Morgan fingerprint density at radius 1 is 1.42 bits per heavy atom. The highest BCUT2D eigenvalue weighted by Crippen LogP contribution is 2.17. The molecule has 0 aromatic carbocycles. The minimum absolute atomic E-state index is 0.197. The smallest absolute Gasteiger partial charge is 0.322 e. The average Bonchev–Trinajstić information content (AvgIpc) is 1.96. The Morgan fingerprint density at radius 2 is 2.00 bits per heavy atom. The molecule has 0 atom stereocenters. The topological polar surface area (TPSA) is 26.3 Å². The van der Waals surface area contributed by atoms with Crippen molar-refractivity contribution >= 4 is 37.8 Å². The van der Waals surface area contributed by atoms with E-state index in [4.69, 9.17) is 4.74 Å². The fourth-order valence-corrected chi connectivity index (χ4v) is 1.04. The molecular formula is C8H14Br2O2. The van der Waals surface area contributed by atoms with Crippen LogP contribution in [0.5, 0.6) is 0 Å². The average molecular weight is 302 g/mol. The standard InChI is InChI=1S/C8H14Br2O2/c1-8(2,10)7(11)12-6-4-3-5-9/h3-6H2,1-2H3. The van der Waals surface area contributed by atoms with Crippen molar-refractivity contribution in [3.63, 3.8) is 0 Å². The molecule has 0 unspecified atom stereocenters. The second-order valence-electron chi connectivity index (χ2n) is 3.00. The van der Waals surface area contributed by atoms with Gasteiger partial charge in [0.25, 0.3) is 0 Å². The van der Waals surface area contributed by atoms with Crippen molar-refractivity contribution in [3.05, 3.63) is 0 Å². The van der Waals surface area contributed by atoms with E-state index >= 15 is 0 Å². The van der Waals surface area contributed by atoms with Crippen LogP contribution in [0.2, 0.25) is 0 Å². The summed E-state index contributed by atoms with van der Waals surface area (Å²) >= 11 is 6.54. The lowest BCUT2D eigenvalue weighted by atomic mass is 10.2. The van der Waals surface area contributed by atoms with Gasteiger partial charge in [-0.15, -0.1) is 0 Å². The Labute approximate surface area is 90.3 Å². The number of carbonyl (C=O) groups is 1. The highest BCUT2D eigenvalue weighted by Gasteiger charge is 2.24. The van der Waals surface area contributed by atoms with Gasteiger partial charge in [-0.2, -0.15) is 0 Å². The zero-order valence-electron chi connectivity index (χ0n) is 7.40. The van der Waals surface area contributed by atoms with E-state index in [0.29, 0.717) is 6.61 Å². The third-order valence-corrected chi connectivity index (χ3v) is 2.13. The monoisotopic (exact) mass is 300 g/mol. The molecule has 0 rings (SSSR count). The number of alkyl halides is 2. The number of rotatable bonds is 5. The zero-order chi connectivity index (χ0) is 9.61. The lowest BCUT2D eigenvalue weighted by Crippen LogP contribution is -2.26. The van der Waals surface area contributed by atoms with E-state index in [1.807, 2.05) is 0 Å². The minimum atomic E-state index is -0.554. The molecule has 0 amide bonds. The summed E-state index contributed by atoms with van der Waals surface area (Å²) in [5.41, 5.74) is 0. The van der Waals surface area contributed by atoms with Crippen LogP contribution < -0.4 is 0 Å². The van der Waals surface area contributed by atoms with Crippen molar-refractivity contribution in [2.24, 2.45) is 0 Å². The summed E-state index contributed by atoms with van der Waals surface area (Å²) in [5, 5.41) is 0.961. The second-order valence-corrected chi connectivity index (χ2v) is 5.78. The van der Waals surface area contributed by atoms with Crippen molar-refractivity contribution in [2.75, 3.05) is 11.9 Å². The van der Waals surface area contributed by atoms with Crippen LogP contribution in [-0.2, 0) is 9.53 Å². The molecule has 4 heteroatoms. The molecule has 0 fully saturated rings. The van der Waals surface area contributed by atoms with Gasteiger partial charge in [-0.3, -0.25) is 4.79 Å². The summed E-state index contributed by atoms with van der Waals surface area (Å²) in [6.45, 7) is 4.07. The number of hydrogen-bond donors (Lipinski definition) is 0. The molecule has 0 heterocycles. The maximum Gasteiger partial charge on any atom is 0.322 e. The molecule has 0 bridgehead atoms. The predicted molar refractivity (Wildman–Crippen MR) is 57.0 cm³/mol. The van der Waals surface area contributed by atoms with E-state index in [-0.39, 0.29) is 5.97 Å². The van der Waals surface area contributed by atoms with Gasteiger partial charge in [0.2, 0.25) is 0 Å². The molecule has 0 N–H and O–H groups in total. The zero-order valence-corrected chi connectivity index (χ0v) is 10.6. The first-order valence-corrected chi connectivity index (χ1v) is 5.82. The van der Waals surface area contributed by atoms with Crippen LogP contribution in [0.25, 0.3) is 0 Å². The largest absolute Gasteiger partial charge is 0.465 e. The van der Waals surface area contributed by atoms with Gasteiger partial charge in [0.15, 0.2) is 0 Å². The SMILES string of the molecule is CC(C)(Br)C(=O)OCCCCBr. The summed E-state index contributed by atoms with van der Waals surface area (Å²) in [6.07, 6.45) is 1.95. The number of carbonyl (C=O) groups excluding carboxylic acids is 1. The Morgan fingerprint density at radius 3 is 2.42 bits per heavy atom. The lowest BCUT2D eigenvalue weighted by Gasteiger charge is -2.14. The fourth-order valence-electron chi connectivity index (χ4n) is 0.533. The van der Waals surface area contributed by atoms with Crippen LogP contribution >= 0.6 is 31.9 Å². The van der Waals surface area contributed by atoms with E-state index < -0.39 is 4.32 Å². The second kappa shape index (κ2) is 5.97. The molecule has 0 aliphatic heterocycles. The van der Waals surface area contributed by atoms with E-state index in [1.54, 1.807) is 13.8 Å². The molecule has 0 saturated heterocycles. The van der Waals surface area contributed by atoms with E-state index in [2.05, 4.69) is 31.9 Å². The number of unbranched alkanes of at least 4 members (excludes halogenated alkanes) is 1. The van der Waals surface area contributed by atoms with E-state index in [1.165, 1.54) is 0 Å². The summed E-state index contributed by atoms with van der Waals surface area (Å²) in [4.78, 5) is 11.1. The predicted octanol–water partition coefficient (Wildman–Crippen LogP) is 2.88. The highest BCUT2D eigenvalue weighted by molar-refractivity contribution is 9.10. The molecule has 0 radical (unpaired) electrons. The third-order valence-electron chi connectivity index (χ3n) is 1.25. The molecule has 0 aliphatic carbocycles. The maximum atomic E-state index is 11.1. The quantitative estimate of drug-likeness (QED) is 0.443. The van der Waals surface area contributed by atoms with Crippen LogP contribution in [0.4, 0.5) is 0 Å². The highest BCUT2D eigenvalue weighted by atomic mass is 79.9. The Balaban J connectivity index is 3.45. The van der Waals surface area contributed by atoms with Crippen LogP contribution in [0.1, 0.15) is 26.7 Å². The number of ether oxygens (including phenoxy) is 1. The number of esters is 1. The van der Waals surface area contributed by atoms with Gasteiger partial charge in [0.1, 0.15) is 4.32 Å². The van der Waals surface area contributed by atoms with Crippen molar-refractivity contribution in [1.29, 1.82) is 0 Å². The summed E-state index contributed by atoms with van der Waals surface area (Å²) in [5.74, 6) is -0.197. The molecule has 0 spiro atoms. The minimum Gasteiger partial charge on any atom is -0.465 e. The van der Waals surface area contributed by atoms with Crippen molar-refractivity contribution in [2.45, 2.75) is 31.0 Å². The van der Waals surface area contributed by atoms with Crippen LogP contribution in [0.3, 0.4) is 0 Å². The summed E-state index contributed by atoms with van der Waals surface area (Å²) < 4.78 is 4.45. The van der Waals surface area contributed by atoms with Gasteiger partial charge in [0, 0.05) is 5.33 Å². The summed E-state index contributed by atoms with van der Waals surface area (Å²) in [6, 6.07) is 0. The molecule has 0 saturated carbocycles. The van der Waals surface area contributed by atoms with Gasteiger partial charge >= 0.3 is 5.97 Å². The van der Waals surface area contributed by atoms with Crippen molar-refractivity contribution in [3.8, 4) is 0 Å².